The van der Waals surface area contributed by atoms with Gasteiger partial charge in [-0.05, 0) is 20.8 Å². The number of hydrogen-bond acceptors (Lipinski definition) is 3. The summed E-state index contributed by atoms with van der Waals surface area (Å²) in [6.07, 6.45) is 3.31. The Labute approximate surface area is 91.7 Å². The summed E-state index contributed by atoms with van der Waals surface area (Å²) in [5, 5.41) is 2.65. The molecule has 0 bridgehead atoms. The minimum absolute atomic E-state index is 0.0124. The maximum absolute atomic E-state index is 11.3. The van der Waals surface area contributed by atoms with Crippen molar-refractivity contribution in [1.82, 2.24) is 5.32 Å². The Morgan fingerprint density at radius 2 is 2.00 bits per heavy atom. The predicted octanol–water partition coefficient (Wildman–Crippen LogP) is 0.892. The molecular weight excluding hydrogens is 214 g/mol. The van der Waals surface area contributed by atoms with E-state index in [9.17, 15) is 13.2 Å². The van der Waals surface area contributed by atoms with Crippen LogP contribution in [0.1, 0.15) is 27.2 Å². The van der Waals surface area contributed by atoms with Crippen molar-refractivity contribution in [3.8, 4) is 0 Å². The second-order valence-electron chi connectivity index (χ2n) is 3.66. The fourth-order valence-electron chi connectivity index (χ4n) is 0.969. The first kappa shape index (κ1) is 14.2. The Balaban J connectivity index is 3.99. The highest BCUT2D eigenvalue weighted by Crippen LogP contribution is 1.96. The molecule has 5 heteroatoms. The van der Waals surface area contributed by atoms with Crippen molar-refractivity contribution in [2.24, 2.45) is 0 Å². The molecule has 0 aromatic carbocycles. The zero-order valence-corrected chi connectivity index (χ0v) is 10.3. The second kappa shape index (κ2) is 6.61. The lowest BCUT2D eigenvalue weighted by Gasteiger charge is -2.07. The predicted molar refractivity (Wildman–Crippen MR) is 61.4 cm³/mol. The van der Waals surface area contributed by atoms with E-state index >= 15 is 0 Å². The Morgan fingerprint density at radius 3 is 2.47 bits per heavy atom. The van der Waals surface area contributed by atoms with Gasteiger partial charge >= 0.3 is 0 Å². The van der Waals surface area contributed by atoms with Gasteiger partial charge in [0, 0.05) is 12.5 Å². The van der Waals surface area contributed by atoms with E-state index in [0.29, 0.717) is 0 Å². The number of nitrogens with one attached hydrogen (secondary N) is 1. The van der Waals surface area contributed by atoms with Gasteiger partial charge in [-0.25, -0.2) is 8.42 Å². The quantitative estimate of drug-likeness (QED) is 0.693. The number of allylic oxidation sites excluding steroid dienone is 1. The molecule has 15 heavy (non-hydrogen) atoms. The third-order valence-corrected chi connectivity index (χ3v) is 3.20. The molecule has 0 heterocycles. The van der Waals surface area contributed by atoms with Crippen LogP contribution in [0.2, 0.25) is 0 Å². The van der Waals surface area contributed by atoms with Crippen molar-refractivity contribution in [2.75, 3.05) is 11.5 Å². The molecule has 88 valence electrons. The van der Waals surface area contributed by atoms with Crippen LogP contribution >= 0.6 is 0 Å². The smallest absolute Gasteiger partial charge is 0.221 e. The summed E-state index contributed by atoms with van der Waals surface area (Å²) in [6.45, 7) is 5.44. The molecule has 4 nitrogen and oxygen atoms in total. The molecule has 0 aromatic heterocycles. The molecule has 0 saturated heterocycles. The van der Waals surface area contributed by atoms with Gasteiger partial charge in [-0.3, -0.25) is 4.79 Å². The van der Waals surface area contributed by atoms with Crippen LogP contribution in [-0.4, -0.2) is 31.9 Å². The van der Waals surface area contributed by atoms with Gasteiger partial charge in [0.05, 0.1) is 11.5 Å². The first-order valence-electron chi connectivity index (χ1n) is 4.98. The van der Waals surface area contributed by atoms with Gasteiger partial charge in [-0.15, -0.1) is 0 Å². The Hall–Kier alpha value is -0.840. The zero-order valence-electron chi connectivity index (χ0n) is 9.49. The molecule has 0 rings (SSSR count). The molecule has 0 spiro atoms. The third kappa shape index (κ3) is 8.17. The van der Waals surface area contributed by atoms with Gasteiger partial charge in [-0.1, -0.05) is 12.2 Å². The monoisotopic (exact) mass is 233 g/mol. The summed E-state index contributed by atoms with van der Waals surface area (Å²) in [7, 11) is -3.12. The molecule has 0 unspecified atom stereocenters. The molecule has 0 aliphatic rings. The fourth-order valence-corrected chi connectivity index (χ4v) is 2.12. The van der Waals surface area contributed by atoms with Crippen molar-refractivity contribution in [3.63, 3.8) is 0 Å². The normalized spacial score (nSPS) is 12.3. The topological polar surface area (TPSA) is 63.2 Å². The van der Waals surface area contributed by atoms with Gasteiger partial charge in [0.15, 0.2) is 9.84 Å². The molecule has 0 aromatic rings. The van der Waals surface area contributed by atoms with E-state index in [2.05, 4.69) is 5.32 Å². The van der Waals surface area contributed by atoms with Crippen molar-refractivity contribution in [2.45, 2.75) is 33.2 Å². The second-order valence-corrected chi connectivity index (χ2v) is 5.88. The van der Waals surface area contributed by atoms with Crippen LogP contribution in [0.25, 0.3) is 0 Å². The standard InChI is InChI=1S/C10H19NO3S/c1-4-5-7-15(13,14)8-6-10(12)11-9(2)3/h4-5,9H,6-8H2,1-3H3,(H,11,12). The van der Waals surface area contributed by atoms with E-state index < -0.39 is 9.84 Å². The first-order chi connectivity index (χ1) is 6.87. The highest BCUT2D eigenvalue weighted by atomic mass is 32.2. The zero-order chi connectivity index (χ0) is 11.9. The highest BCUT2D eigenvalue weighted by Gasteiger charge is 2.12. The van der Waals surface area contributed by atoms with Crippen molar-refractivity contribution < 1.29 is 13.2 Å². The van der Waals surface area contributed by atoms with Crippen LogP contribution in [0.3, 0.4) is 0 Å². The van der Waals surface area contributed by atoms with Crippen molar-refractivity contribution in [1.29, 1.82) is 0 Å². The van der Waals surface area contributed by atoms with Crippen molar-refractivity contribution in [3.05, 3.63) is 12.2 Å². The number of hydrogen-bond donors (Lipinski definition) is 1. The molecular formula is C10H19NO3S. The lowest BCUT2D eigenvalue weighted by Crippen LogP contribution is -2.31. The molecule has 0 fully saturated rings. The van der Waals surface area contributed by atoms with E-state index in [4.69, 9.17) is 0 Å². The molecule has 0 radical (unpaired) electrons. The van der Waals surface area contributed by atoms with Crippen LogP contribution in [0.15, 0.2) is 12.2 Å². The Kier molecular flexibility index (Phi) is 6.24. The number of rotatable bonds is 6. The van der Waals surface area contributed by atoms with Gasteiger partial charge in [0.25, 0.3) is 0 Å². The van der Waals surface area contributed by atoms with Gasteiger partial charge in [0.2, 0.25) is 5.91 Å². The summed E-state index contributed by atoms with van der Waals surface area (Å²) >= 11 is 0. The maximum atomic E-state index is 11.3. The highest BCUT2D eigenvalue weighted by molar-refractivity contribution is 7.91. The van der Waals surface area contributed by atoms with E-state index in [-0.39, 0.29) is 29.9 Å². The Bertz CT molecular complexity index is 318. The molecule has 0 aliphatic carbocycles. The van der Waals surface area contributed by atoms with E-state index in [1.807, 2.05) is 13.8 Å². The number of carbonyl (C=O) groups is 1. The lowest BCUT2D eigenvalue weighted by molar-refractivity contribution is -0.121. The summed E-state index contributed by atoms with van der Waals surface area (Å²) in [6, 6.07) is 0.0516. The van der Waals surface area contributed by atoms with Crippen LogP contribution < -0.4 is 5.32 Å². The average molecular weight is 233 g/mol. The van der Waals surface area contributed by atoms with E-state index in [1.165, 1.54) is 0 Å². The lowest BCUT2D eigenvalue weighted by atomic mass is 10.3. The van der Waals surface area contributed by atoms with Crippen molar-refractivity contribution >= 4 is 15.7 Å². The minimum atomic E-state index is -3.12. The number of carbonyl (C=O) groups excluding carboxylic acids is 1. The van der Waals surface area contributed by atoms with Crippen LogP contribution in [0.5, 0.6) is 0 Å². The van der Waals surface area contributed by atoms with Crippen LogP contribution in [0.4, 0.5) is 0 Å². The molecule has 0 atom stereocenters. The molecule has 1 amide bonds. The first-order valence-corrected chi connectivity index (χ1v) is 6.80. The maximum Gasteiger partial charge on any atom is 0.221 e. The van der Waals surface area contributed by atoms with Gasteiger partial charge in [0.1, 0.15) is 0 Å². The Morgan fingerprint density at radius 1 is 1.40 bits per heavy atom. The number of sulfone groups is 1. The largest absolute Gasteiger partial charge is 0.354 e. The molecule has 0 aliphatic heterocycles. The molecule has 0 saturated carbocycles. The summed E-state index contributed by atoms with van der Waals surface area (Å²) < 4.78 is 22.7. The fraction of sp³-hybridized carbons (Fsp3) is 0.700. The van der Waals surface area contributed by atoms with E-state index in [1.54, 1.807) is 19.1 Å². The SMILES string of the molecule is CC=CCS(=O)(=O)CCC(=O)NC(C)C. The molecule has 1 N–H and O–H groups in total. The number of amides is 1. The minimum Gasteiger partial charge on any atom is -0.354 e. The van der Waals surface area contributed by atoms with Gasteiger partial charge < -0.3 is 5.32 Å². The van der Waals surface area contributed by atoms with Crippen LogP contribution in [-0.2, 0) is 14.6 Å². The van der Waals surface area contributed by atoms with E-state index in [0.717, 1.165) is 0 Å². The third-order valence-electron chi connectivity index (χ3n) is 1.68. The van der Waals surface area contributed by atoms with Crippen LogP contribution in [0, 0.1) is 0 Å². The summed E-state index contributed by atoms with van der Waals surface area (Å²) in [5.41, 5.74) is 0. The van der Waals surface area contributed by atoms with Gasteiger partial charge in [-0.2, -0.15) is 0 Å². The summed E-state index contributed by atoms with van der Waals surface area (Å²) in [4.78, 5) is 11.2. The average Bonchev–Trinajstić information content (AvgIpc) is 2.11. The summed E-state index contributed by atoms with van der Waals surface area (Å²) in [5.74, 6) is -0.289.